The molecule has 0 amide bonds. The molecule has 0 radical (unpaired) electrons. The molecule has 2 heterocycles. The molecule has 3 aromatic rings. The Labute approximate surface area is 193 Å². The number of aromatic nitrogens is 1. The Kier molecular flexibility index (Phi) is 7.75. The summed E-state index contributed by atoms with van der Waals surface area (Å²) in [6.07, 6.45) is 9.33. The monoisotopic (exact) mass is 434 g/mol. The molecule has 1 fully saturated rings. The lowest BCUT2D eigenvalue weighted by atomic mass is 10.1. The van der Waals surface area contributed by atoms with Crippen LogP contribution in [0.3, 0.4) is 0 Å². The van der Waals surface area contributed by atoms with E-state index in [9.17, 15) is 0 Å². The normalized spacial score (nSPS) is 14.7. The highest BCUT2D eigenvalue weighted by Crippen LogP contribution is 2.36. The first-order chi connectivity index (χ1) is 15.7. The standard InChI is InChI=1S/C28H38N2O2/c1-22-26-21-25(32-3)15-16-27(26)30(28(22)23-11-13-24(31-2)14-12-23)20-10-5-4-7-17-29-18-8-6-9-19-29/h11-16,21H,4-10,17-20H2,1-3H3. The van der Waals surface area contributed by atoms with Gasteiger partial charge in [0.2, 0.25) is 0 Å². The van der Waals surface area contributed by atoms with Gasteiger partial charge >= 0.3 is 0 Å². The summed E-state index contributed by atoms with van der Waals surface area (Å²) < 4.78 is 13.4. The van der Waals surface area contributed by atoms with Crippen molar-refractivity contribution in [2.75, 3.05) is 33.9 Å². The Morgan fingerprint density at radius 2 is 1.41 bits per heavy atom. The fourth-order valence-electron chi connectivity index (χ4n) is 5.12. The minimum Gasteiger partial charge on any atom is -0.497 e. The van der Waals surface area contributed by atoms with Gasteiger partial charge in [-0.1, -0.05) is 19.3 Å². The lowest BCUT2D eigenvalue weighted by molar-refractivity contribution is 0.224. The molecule has 4 nitrogen and oxygen atoms in total. The number of methoxy groups -OCH3 is 2. The number of aryl methyl sites for hydroxylation is 2. The van der Waals surface area contributed by atoms with Gasteiger partial charge in [-0.15, -0.1) is 0 Å². The number of hydrogen-bond acceptors (Lipinski definition) is 3. The molecule has 0 aliphatic carbocycles. The highest BCUT2D eigenvalue weighted by Gasteiger charge is 2.16. The molecule has 0 atom stereocenters. The largest absolute Gasteiger partial charge is 0.497 e. The minimum absolute atomic E-state index is 0.893. The Bertz CT molecular complexity index is 1000. The van der Waals surface area contributed by atoms with Crippen molar-refractivity contribution in [3.63, 3.8) is 0 Å². The van der Waals surface area contributed by atoms with E-state index in [0.29, 0.717) is 0 Å². The van der Waals surface area contributed by atoms with Crippen molar-refractivity contribution in [1.82, 2.24) is 9.47 Å². The van der Waals surface area contributed by atoms with E-state index in [4.69, 9.17) is 9.47 Å². The van der Waals surface area contributed by atoms with E-state index in [1.54, 1.807) is 14.2 Å². The molecule has 1 aromatic heterocycles. The van der Waals surface area contributed by atoms with Crippen LogP contribution < -0.4 is 9.47 Å². The third kappa shape index (κ3) is 5.12. The molecule has 4 rings (SSSR count). The first-order valence-corrected chi connectivity index (χ1v) is 12.2. The predicted octanol–water partition coefficient (Wildman–Crippen LogP) is 6.68. The molecule has 0 saturated carbocycles. The predicted molar refractivity (Wildman–Crippen MR) is 134 cm³/mol. The van der Waals surface area contributed by atoms with Crippen LogP contribution in [-0.2, 0) is 6.54 Å². The van der Waals surface area contributed by atoms with E-state index in [1.165, 1.54) is 92.3 Å². The summed E-state index contributed by atoms with van der Waals surface area (Å²) in [4.78, 5) is 2.65. The smallest absolute Gasteiger partial charge is 0.119 e. The fourth-order valence-corrected chi connectivity index (χ4v) is 5.12. The third-order valence-corrected chi connectivity index (χ3v) is 6.94. The van der Waals surface area contributed by atoms with Gasteiger partial charge in [-0.3, -0.25) is 0 Å². The van der Waals surface area contributed by atoms with Gasteiger partial charge in [0.05, 0.1) is 19.9 Å². The molecule has 4 heteroatoms. The molecule has 0 N–H and O–H groups in total. The molecule has 0 spiro atoms. The highest BCUT2D eigenvalue weighted by molar-refractivity contribution is 5.92. The second-order valence-electron chi connectivity index (χ2n) is 9.05. The maximum atomic E-state index is 5.51. The average molecular weight is 435 g/mol. The summed E-state index contributed by atoms with van der Waals surface area (Å²) in [5.74, 6) is 1.81. The van der Waals surface area contributed by atoms with Crippen LogP contribution in [0.1, 0.15) is 50.5 Å². The van der Waals surface area contributed by atoms with Crippen LogP contribution in [0.15, 0.2) is 42.5 Å². The molecule has 2 aromatic carbocycles. The van der Waals surface area contributed by atoms with Crippen molar-refractivity contribution in [2.45, 2.75) is 58.4 Å². The maximum absolute atomic E-state index is 5.51. The van der Waals surface area contributed by atoms with Gasteiger partial charge in [-0.25, -0.2) is 0 Å². The van der Waals surface area contributed by atoms with Crippen molar-refractivity contribution in [2.24, 2.45) is 0 Å². The summed E-state index contributed by atoms with van der Waals surface area (Å²) >= 11 is 0. The summed E-state index contributed by atoms with van der Waals surface area (Å²) in [7, 11) is 3.45. The van der Waals surface area contributed by atoms with E-state index in [2.05, 4.69) is 58.9 Å². The van der Waals surface area contributed by atoms with Crippen LogP contribution in [0.2, 0.25) is 0 Å². The lowest BCUT2D eigenvalue weighted by Gasteiger charge is -2.26. The average Bonchev–Trinajstić information content (AvgIpc) is 3.12. The van der Waals surface area contributed by atoms with Crippen molar-refractivity contribution < 1.29 is 9.47 Å². The minimum atomic E-state index is 0.893. The van der Waals surface area contributed by atoms with Crippen LogP contribution >= 0.6 is 0 Å². The van der Waals surface area contributed by atoms with Gasteiger partial charge in [0.25, 0.3) is 0 Å². The molecule has 1 aliphatic heterocycles. The number of fused-ring (bicyclic) bond motifs is 1. The number of unbranched alkanes of at least 4 members (excludes halogenated alkanes) is 3. The van der Waals surface area contributed by atoms with E-state index < -0.39 is 0 Å². The Morgan fingerprint density at radius 1 is 0.750 bits per heavy atom. The Hall–Kier alpha value is -2.46. The zero-order valence-electron chi connectivity index (χ0n) is 20.0. The van der Waals surface area contributed by atoms with E-state index in [0.717, 1.165) is 18.0 Å². The summed E-state index contributed by atoms with van der Waals surface area (Å²) in [5.41, 5.74) is 5.16. The quantitative estimate of drug-likeness (QED) is 0.333. The number of nitrogens with zero attached hydrogens (tertiary/aromatic N) is 2. The molecule has 32 heavy (non-hydrogen) atoms. The van der Waals surface area contributed by atoms with Gasteiger partial charge in [0.1, 0.15) is 11.5 Å². The SMILES string of the molecule is COc1ccc(-c2c(C)c3cc(OC)ccc3n2CCCCCCN2CCCCC2)cc1. The zero-order chi connectivity index (χ0) is 22.3. The number of benzene rings is 2. The van der Waals surface area contributed by atoms with Crippen molar-refractivity contribution in [1.29, 1.82) is 0 Å². The van der Waals surface area contributed by atoms with Gasteiger partial charge in [0, 0.05) is 17.4 Å². The second-order valence-corrected chi connectivity index (χ2v) is 9.05. The van der Waals surface area contributed by atoms with Crippen LogP contribution in [0.4, 0.5) is 0 Å². The number of piperidine rings is 1. The van der Waals surface area contributed by atoms with Gasteiger partial charge in [-0.05, 0) is 106 Å². The first-order valence-electron chi connectivity index (χ1n) is 12.2. The Balaban J connectivity index is 1.48. The first kappa shape index (κ1) is 22.7. The second kappa shape index (κ2) is 10.9. The molecule has 1 aliphatic rings. The Morgan fingerprint density at radius 3 is 2.09 bits per heavy atom. The number of hydrogen-bond donors (Lipinski definition) is 0. The van der Waals surface area contributed by atoms with Crippen LogP contribution in [-0.4, -0.2) is 43.3 Å². The van der Waals surface area contributed by atoms with Crippen LogP contribution in [0.5, 0.6) is 11.5 Å². The van der Waals surface area contributed by atoms with Crippen molar-refractivity contribution in [3.05, 3.63) is 48.0 Å². The fraction of sp³-hybridized carbons (Fsp3) is 0.500. The number of rotatable bonds is 10. The third-order valence-electron chi connectivity index (χ3n) is 6.94. The molecular formula is C28H38N2O2. The lowest BCUT2D eigenvalue weighted by Crippen LogP contribution is -2.30. The summed E-state index contributed by atoms with van der Waals surface area (Å²) in [6.45, 7) is 7.17. The highest BCUT2D eigenvalue weighted by atomic mass is 16.5. The van der Waals surface area contributed by atoms with Gasteiger partial charge in [-0.2, -0.15) is 0 Å². The van der Waals surface area contributed by atoms with E-state index in [1.807, 2.05) is 0 Å². The van der Waals surface area contributed by atoms with Crippen molar-refractivity contribution in [3.8, 4) is 22.8 Å². The molecule has 172 valence electrons. The molecular weight excluding hydrogens is 396 g/mol. The zero-order valence-corrected chi connectivity index (χ0v) is 20.0. The van der Waals surface area contributed by atoms with Crippen molar-refractivity contribution >= 4 is 10.9 Å². The topological polar surface area (TPSA) is 26.6 Å². The summed E-state index contributed by atoms with van der Waals surface area (Å²) in [5, 5.41) is 1.28. The van der Waals surface area contributed by atoms with E-state index >= 15 is 0 Å². The molecule has 0 bridgehead atoms. The number of likely N-dealkylation sites (tertiary alicyclic amines) is 1. The molecule has 0 unspecified atom stereocenters. The van der Waals surface area contributed by atoms with Gasteiger partial charge < -0.3 is 18.9 Å². The summed E-state index contributed by atoms with van der Waals surface area (Å²) in [6, 6.07) is 14.9. The maximum Gasteiger partial charge on any atom is 0.119 e. The van der Waals surface area contributed by atoms with Crippen LogP contribution in [0.25, 0.3) is 22.2 Å². The van der Waals surface area contributed by atoms with Gasteiger partial charge in [0.15, 0.2) is 0 Å². The number of ether oxygens (including phenoxy) is 2. The van der Waals surface area contributed by atoms with Crippen LogP contribution in [0, 0.1) is 6.92 Å². The molecule has 1 saturated heterocycles. The van der Waals surface area contributed by atoms with E-state index in [-0.39, 0.29) is 0 Å².